The highest BCUT2D eigenvalue weighted by Crippen LogP contribution is 2.23. The first-order chi connectivity index (χ1) is 9.22. The number of aromatic nitrogens is 1. The minimum absolute atomic E-state index is 1.10. The van der Waals surface area contributed by atoms with E-state index in [2.05, 4.69) is 63.7 Å². The molecule has 1 aromatic heterocycles. The Morgan fingerprint density at radius 2 is 1.63 bits per heavy atom. The van der Waals surface area contributed by atoms with Crippen LogP contribution < -0.4 is 10.2 Å². The summed E-state index contributed by atoms with van der Waals surface area (Å²) in [7, 11) is 4.09. The number of nitrogens with zero attached hydrogens (tertiary/aromatic N) is 1. The van der Waals surface area contributed by atoms with Crippen molar-refractivity contribution in [1.29, 1.82) is 0 Å². The van der Waals surface area contributed by atoms with Gasteiger partial charge >= 0.3 is 0 Å². The molecule has 0 atom stereocenters. The first-order valence-corrected chi connectivity index (χ1v) is 6.34. The van der Waals surface area contributed by atoms with Crippen LogP contribution in [-0.4, -0.2) is 19.1 Å². The maximum Gasteiger partial charge on any atom is 0.0455 e. The zero-order valence-corrected chi connectivity index (χ0v) is 11.1. The van der Waals surface area contributed by atoms with Crippen LogP contribution in [0.2, 0.25) is 0 Å². The molecule has 0 saturated heterocycles. The summed E-state index contributed by atoms with van der Waals surface area (Å²) in [5, 5.41) is 4.64. The van der Waals surface area contributed by atoms with Crippen LogP contribution in [0.5, 0.6) is 0 Å². The number of fused-ring (bicyclic) bond motifs is 1. The highest BCUT2D eigenvalue weighted by atomic mass is 15.1. The van der Waals surface area contributed by atoms with Crippen molar-refractivity contribution in [3.8, 4) is 0 Å². The van der Waals surface area contributed by atoms with Crippen LogP contribution >= 0.6 is 0 Å². The molecule has 3 aromatic rings. The molecule has 0 fully saturated rings. The van der Waals surface area contributed by atoms with Crippen LogP contribution in [-0.2, 0) is 0 Å². The van der Waals surface area contributed by atoms with E-state index in [1.165, 1.54) is 11.1 Å². The third-order valence-corrected chi connectivity index (χ3v) is 3.23. The monoisotopic (exact) mass is 251 g/mol. The van der Waals surface area contributed by atoms with Gasteiger partial charge in [-0.3, -0.25) is 0 Å². The second-order valence-electron chi connectivity index (χ2n) is 4.85. The fourth-order valence-electron chi connectivity index (χ4n) is 2.14. The summed E-state index contributed by atoms with van der Waals surface area (Å²) in [5.41, 5.74) is 4.56. The van der Waals surface area contributed by atoms with Crippen molar-refractivity contribution in [2.45, 2.75) is 0 Å². The van der Waals surface area contributed by atoms with E-state index in [0.29, 0.717) is 0 Å². The summed E-state index contributed by atoms with van der Waals surface area (Å²) in [6.07, 6.45) is 1.96. The summed E-state index contributed by atoms with van der Waals surface area (Å²) >= 11 is 0. The van der Waals surface area contributed by atoms with Crippen LogP contribution in [0.4, 0.5) is 17.1 Å². The largest absolute Gasteiger partial charge is 0.378 e. The van der Waals surface area contributed by atoms with Gasteiger partial charge in [-0.05, 0) is 48.5 Å². The van der Waals surface area contributed by atoms with Gasteiger partial charge in [0, 0.05) is 48.3 Å². The number of rotatable bonds is 3. The quantitative estimate of drug-likeness (QED) is 0.737. The van der Waals surface area contributed by atoms with Crippen LogP contribution in [0.3, 0.4) is 0 Å². The van der Waals surface area contributed by atoms with Crippen molar-refractivity contribution < 1.29 is 0 Å². The van der Waals surface area contributed by atoms with Crippen molar-refractivity contribution >= 4 is 28.0 Å². The molecular weight excluding hydrogens is 234 g/mol. The molecule has 0 amide bonds. The molecule has 3 rings (SSSR count). The zero-order valence-electron chi connectivity index (χ0n) is 11.1. The predicted octanol–water partition coefficient (Wildman–Crippen LogP) is 3.98. The van der Waals surface area contributed by atoms with Crippen LogP contribution in [0, 0.1) is 0 Å². The molecule has 3 heteroatoms. The smallest absolute Gasteiger partial charge is 0.0455 e. The van der Waals surface area contributed by atoms with Crippen LogP contribution in [0.25, 0.3) is 10.9 Å². The summed E-state index contributed by atoms with van der Waals surface area (Å²) in [6.45, 7) is 0. The molecule has 0 aliphatic heterocycles. The molecule has 2 aromatic carbocycles. The lowest BCUT2D eigenvalue weighted by atomic mass is 10.2. The van der Waals surface area contributed by atoms with Gasteiger partial charge in [0.1, 0.15) is 0 Å². The second-order valence-corrected chi connectivity index (χ2v) is 4.85. The Kier molecular flexibility index (Phi) is 2.88. The highest BCUT2D eigenvalue weighted by Gasteiger charge is 1.99. The molecule has 0 radical (unpaired) electrons. The van der Waals surface area contributed by atoms with E-state index < -0.39 is 0 Å². The Morgan fingerprint density at radius 3 is 2.37 bits per heavy atom. The van der Waals surface area contributed by atoms with Gasteiger partial charge in [0.2, 0.25) is 0 Å². The van der Waals surface area contributed by atoms with E-state index in [1.54, 1.807) is 0 Å². The summed E-state index contributed by atoms with van der Waals surface area (Å²) in [5.74, 6) is 0. The highest BCUT2D eigenvalue weighted by molar-refractivity contribution is 5.84. The molecule has 96 valence electrons. The molecule has 0 aliphatic rings. The van der Waals surface area contributed by atoms with Gasteiger partial charge in [-0.2, -0.15) is 0 Å². The Morgan fingerprint density at radius 1 is 0.895 bits per heavy atom. The molecule has 19 heavy (non-hydrogen) atoms. The van der Waals surface area contributed by atoms with Gasteiger partial charge in [0.05, 0.1) is 0 Å². The number of H-pyrrole nitrogens is 1. The molecule has 0 aliphatic carbocycles. The Balaban J connectivity index is 1.83. The SMILES string of the molecule is CN(C)c1ccc(Nc2ccc3[nH]ccc3c2)cc1. The lowest BCUT2D eigenvalue weighted by molar-refractivity contribution is 1.13. The minimum Gasteiger partial charge on any atom is -0.378 e. The zero-order chi connectivity index (χ0) is 13.2. The third kappa shape index (κ3) is 2.40. The number of nitrogens with one attached hydrogen (secondary N) is 2. The molecule has 0 spiro atoms. The van der Waals surface area contributed by atoms with Gasteiger partial charge in [0.15, 0.2) is 0 Å². The van der Waals surface area contributed by atoms with E-state index in [1.807, 2.05) is 20.3 Å². The predicted molar refractivity (Wildman–Crippen MR) is 82.4 cm³/mol. The molecule has 2 N–H and O–H groups in total. The molecule has 1 heterocycles. The Labute approximate surface area is 112 Å². The molecular formula is C16H17N3. The summed E-state index contributed by atoms with van der Waals surface area (Å²) in [6, 6.07) is 16.8. The third-order valence-electron chi connectivity index (χ3n) is 3.23. The average Bonchev–Trinajstić information content (AvgIpc) is 2.87. The van der Waals surface area contributed by atoms with Crippen molar-refractivity contribution in [3.05, 3.63) is 54.7 Å². The first-order valence-electron chi connectivity index (χ1n) is 6.34. The fraction of sp³-hybridized carbons (Fsp3) is 0.125. The minimum atomic E-state index is 1.10. The molecule has 0 unspecified atom stereocenters. The van der Waals surface area contributed by atoms with Crippen LogP contribution in [0.1, 0.15) is 0 Å². The lowest BCUT2D eigenvalue weighted by Gasteiger charge is -2.13. The van der Waals surface area contributed by atoms with Gasteiger partial charge in [-0.25, -0.2) is 0 Å². The first kappa shape index (κ1) is 11.7. The maximum atomic E-state index is 3.42. The lowest BCUT2D eigenvalue weighted by Crippen LogP contribution is -2.08. The summed E-state index contributed by atoms with van der Waals surface area (Å²) in [4.78, 5) is 5.29. The van der Waals surface area contributed by atoms with E-state index >= 15 is 0 Å². The van der Waals surface area contributed by atoms with E-state index in [-0.39, 0.29) is 0 Å². The van der Waals surface area contributed by atoms with Gasteiger partial charge in [0.25, 0.3) is 0 Å². The van der Waals surface area contributed by atoms with E-state index in [9.17, 15) is 0 Å². The van der Waals surface area contributed by atoms with E-state index in [4.69, 9.17) is 0 Å². The summed E-state index contributed by atoms with van der Waals surface area (Å²) < 4.78 is 0. The maximum absolute atomic E-state index is 3.42. The van der Waals surface area contributed by atoms with Crippen molar-refractivity contribution in [1.82, 2.24) is 4.98 Å². The molecule has 0 bridgehead atoms. The van der Waals surface area contributed by atoms with Crippen molar-refractivity contribution in [2.75, 3.05) is 24.3 Å². The topological polar surface area (TPSA) is 31.1 Å². The standard InChI is InChI=1S/C16H17N3/c1-19(2)15-6-3-13(4-7-15)18-14-5-8-16-12(11-14)9-10-17-16/h3-11,17-18H,1-2H3. The van der Waals surface area contributed by atoms with Crippen molar-refractivity contribution in [2.24, 2.45) is 0 Å². The van der Waals surface area contributed by atoms with Gasteiger partial charge in [-0.15, -0.1) is 0 Å². The fourth-order valence-corrected chi connectivity index (χ4v) is 2.14. The number of aromatic amines is 1. The van der Waals surface area contributed by atoms with Crippen LogP contribution in [0.15, 0.2) is 54.7 Å². The Hall–Kier alpha value is -2.42. The average molecular weight is 251 g/mol. The number of hydrogen-bond acceptors (Lipinski definition) is 2. The molecule has 0 saturated carbocycles. The second kappa shape index (κ2) is 4.69. The van der Waals surface area contributed by atoms with Gasteiger partial charge < -0.3 is 15.2 Å². The molecule has 3 nitrogen and oxygen atoms in total. The van der Waals surface area contributed by atoms with Gasteiger partial charge in [-0.1, -0.05) is 0 Å². The van der Waals surface area contributed by atoms with Crippen molar-refractivity contribution in [3.63, 3.8) is 0 Å². The van der Waals surface area contributed by atoms with E-state index in [0.717, 1.165) is 16.9 Å². The normalized spacial score (nSPS) is 10.6. The number of hydrogen-bond donors (Lipinski definition) is 2. The Bertz CT molecular complexity index is 681. The number of benzene rings is 2. The number of anilines is 3.